The molecule has 0 radical (unpaired) electrons. The van der Waals surface area contributed by atoms with Crippen LogP contribution < -0.4 is 20.4 Å². The molecule has 1 fully saturated rings. The van der Waals surface area contributed by atoms with E-state index in [0.29, 0.717) is 24.5 Å². The van der Waals surface area contributed by atoms with Gasteiger partial charge in [0, 0.05) is 19.7 Å². The summed E-state index contributed by atoms with van der Waals surface area (Å²) in [7, 11) is 0. The summed E-state index contributed by atoms with van der Waals surface area (Å²) in [4.78, 5) is 40.9. The Kier molecular flexibility index (Phi) is 6.47. The molecule has 162 valence electrons. The van der Waals surface area contributed by atoms with E-state index in [1.54, 1.807) is 18.2 Å². The summed E-state index contributed by atoms with van der Waals surface area (Å²) >= 11 is 0. The summed E-state index contributed by atoms with van der Waals surface area (Å²) in [6.07, 6.45) is 1.97. The number of nitrogens with zero attached hydrogens (tertiary/aromatic N) is 2. The first kappa shape index (κ1) is 20.9. The van der Waals surface area contributed by atoms with Crippen LogP contribution in [-0.4, -0.2) is 50.2 Å². The monoisotopic (exact) mass is 422 g/mol. The number of ether oxygens (including phenoxy) is 1. The molecular weight excluding hydrogens is 396 g/mol. The van der Waals surface area contributed by atoms with Gasteiger partial charge in [-0.05, 0) is 30.5 Å². The van der Waals surface area contributed by atoms with Crippen LogP contribution in [0.25, 0.3) is 0 Å². The Morgan fingerprint density at radius 1 is 1.00 bits per heavy atom. The highest BCUT2D eigenvalue weighted by Crippen LogP contribution is 2.33. The SMILES string of the molecule is O=C(CN1C(=O)CN(C(=O)NCc2ccccc2)c2ccccc21)NC[C@@H]1CCCO1. The number of rotatable bonds is 6. The Labute approximate surface area is 181 Å². The van der Waals surface area contributed by atoms with E-state index >= 15 is 0 Å². The summed E-state index contributed by atoms with van der Waals surface area (Å²) in [6, 6.07) is 16.3. The quantitative estimate of drug-likeness (QED) is 0.746. The van der Waals surface area contributed by atoms with Crippen molar-refractivity contribution in [2.24, 2.45) is 0 Å². The van der Waals surface area contributed by atoms with Crippen LogP contribution >= 0.6 is 0 Å². The predicted molar refractivity (Wildman–Crippen MR) is 117 cm³/mol. The molecule has 0 bridgehead atoms. The number of urea groups is 1. The Hall–Kier alpha value is -3.39. The lowest BCUT2D eigenvalue weighted by atomic mass is 10.1. The molecule has 0 aromatic heterocycles. The van der Waals surface area contributed by atoms with Gasteiger partial charge >= 0.3 is 6.03 Å². The van der Waals surface area contributed by atoms with Crippen molar-refractivity contribution in [3.8, 4) is 0 Å². The van der Waals surface area contributed by atoms with Crippen LogP contribution in [0.4, 0.5) is 16.2 Å². The summed E-state index contributed by atoms with van der Waals surface area (Å²) < 4.78 is 5.52. The van der Waals surface area contributed by atoms with Crippen LogP contribution in [0.1, 0.15) is 18.4 Å². The molecule has 2 aromatic carbocycles. The molecule has 0 saturated carbocycles. The molecule has 2 aromatic rings. The molecule has 0 aliphatic carbocycles. The average molecular weight is 422 g/mol. The zero-order chi connectivity index (χ0) is 21.6. The van der Waals surface area contributed by atoms with E-state index in [1.807, 2.05) is 36.4 Å². The summed E-state index contributed by atoms with van der Waals surface area (Å²) in [5.41, 5.74) is 2.11. The highest BCUT2D eigenvalue weighted by atomic mass is 16.5. The second kappa shape index (κ2) is 9.61. The molecule has 2 N–H and O–H groups in total. The number of hydrogen-bond donors (Lipinski definition) is 2. The molecule has 2 heterocycles. The number of anilines is 2. The third kappa shape index (κ3) is 5.03. The molecule has 31 heavy (non-hydrogen) atoms. The van der Waals surface area contributed by atoms with Crippen molar-refractivity contribution in [2.75, 3.05) is 36.0 Å². The first-order valence-electron chi connectivity index (χ1n) is 10.5. The van der Waals surface area contributed by atoms with Crippen LogP contribution in [-0.2, 0) is 20.9 Å². The molecular formula is C23H26N4O4. The lowest BCUT2D eigenvalue weighted by Gasteiger charge is -2.35. The lowest BCUT2D eigenvalue weighted by Crippen LogP contribution is -2.53. The van der Waals surface area contributed by atoms with Crippen LogP contribution in [0.5, 0.6) is 0 Å². The van der Waals surface area contributed by atoms with E-state index in [2.05, 4.69) is 10.6 Å². The molecule has 1 saturated heterocycles. The van der Waals surface area contributed by atoms with Crippen molar-refractivity contribution >= 4 is 29.2 Å². The van der Waals surface area contributed by atoms with E-state index in [4.69, 9.17) is 4.74 Å². The van der Waals surface area contributed by atoms with Gasteiger partial charge in [-0.25, -0.2) is 4.79 Å². The number of hydrogen-bond acceptors (Lipinski definition) is 4. The number of benzene rings is 2. The molecule has 8 nitrogen and oxygen atoms in total. The van der Waals surface area contributed by atoms with Crippen molar-refractivity contribution in [2.45, 2.75) is 25.5 Å². The fraction of sp³-hybridized carbons (Fsp3) is 0.348. The van der Waals surface area contributed by atoms with Crippen LogP contribution in [0.15, 0.2) is 54.6 Å². The van der Waals surface area contributed by atoms with Crippen molar-refractivity contribution in [3.63, 3.8) is 0 Å². The number of nitrogens with one attached hydrogen (secondary N) is 2. The topological polar surface area (TPSA) is 91.0 Å². The molecule has 4 rings (SSSR count). The minimum Gasteiger partial charge on any atom is -0.376 e. The lowest BCUT2D eigenvalue weighted by molar-refractivity contribution is -0.123. The van der Waals surface area contributed by atoms with Gasteiger partial charge in [0.25, 0.3) is 0 Å². The van der Waals surface area contributed by atoms with Gasteiger partial charge in [0.05, 0.1) is 17.5 Å². The van der Waals surface area contributed by atoms with Gasteiger partial charge in [-0.1, -0.05) is 42.5 Å². The van der Waals surface area contributed by atoms with Crippen LogP contribution in [0.3, 0.4) is 0 Å². The van der Waals surface area contributed by atoms with Crippen molar-refractivity contribution in [1.82, 2.24) is 10.6 Å². The van der Waals surface area contributed by atoms with Crippen molar-refractivity contribution < 1.29 is 19.1 Å². The van der Waals surface area contributed by atoms with Gasteiger partial charge in [-0.2, -0.15) is 0 Å². The third-order valence-corrected chi connectivity index (χ3v) is 5.44. The molecule has 2 aliphatic heterocycles. The molecule has 8 heteroatoms. The Morgan fingerprint density at radius 2 is 1.74 bits per heavy atom. The zero-order valence-electron chi connectivity index (χ0n) is 17.3. The van der Waals surface area contributed by atoms with Gasteiger partial charge in [-0.15, -0.1) is 0 Å². The first-order chi connectivity index (χ1) is 15.1. The number of para-hydroxylation sites is 2. The third-order valence-electron chi connectivity index (χ3n) is 5.44. The first-order valence-corrected chi connectivity index (χ1v) is 10.5. The minimum absolute atomic E-state index is 0.0390. The normalized spacial score (nSPS) is 17.9. The largest absolute Gasteiger partial charge is 0.376 e. The maximum Gasteiger partial charge on any atom is 0.322 e. The van der Waals surface area contributed by atoms with E-state index in [9.17, 15) is 14.4 Å². The smallest absolute Gasteiger partial charge is 0.322 e. The maximum absolute atomic E-state index is 12.8. The molecule has 2 aliphatic rings. The number of fused-ring (bicyclic) bond motifs is 1. The van der Waals surface area contributed by atoms with Crippen molar-refractivity contribution in [1.29, 1.82) is 0 Å². The van der Waals surface area contributed by atoms with E-state index in [-0.39, 0.29) is 37.0 Å². The fourth-order valence-electron chi connectivity index (χ4n) is 3.82. The van der Waals surface area contributed by atoms with Gasteiger partial charge in [0.1, 0.15) is 13.1 Å². The van der Waals surface area contributed by atoms with Crippen molar-refractivity contribution in [3.05, 3.63) is 60.2 Å². The minimum atomic E-state index is -0.355. The van der Waals surface area contributed by atoms with E-state index < -0.39 is 0 Å². The molecule has 0 unspecified atom stereocenters. The number of carbonyl (C=O) groups excluding carboxylic acids is 3. The summed E-state index contributed by atoms with van der Waals surface area (Å²) in [6.45, 7) is 1.30. The van der Waals surface area contributed by atoms with E-state index in [1.165, 1.54) is 9.80 Å². The Morgan fingerprint density at radius 3 is 2.48 bits per heavy atom. The fourth-order valence-corrected chi connectivity index (χ4v) is 3.82. The van der Waals surface area contributed by atoms with E-state index in [0.717, 1.165) is 25.0 Å². The second-order valence-electron chi connectivity index (χ2n) is 7.64. The number of amides is 4. The van der Waals surface area contributed by atoms with Crippen LogP contribution in [0.2, 0.25) is 0 Å². The highest BCUT2D eigenvalue weighted by molar-refractivity contribution is 6.12. The van der Waals surface area contributed by atoms with Crippen LogP contribution in [0, 0.1) is 0 Å². The van der Waals surface area contributed by atoms with Gasteiger partial charge in [0.15, 0.2) is 0 Å². The van der Waals surface area contributed by atoms with Gasteiger partial charge < -0.3 is 15.4 Å². The highest BCUT2D eigenvalue weighted by Gasteiger charge is 2.33. The molecule has 0 spiro atoms. The molecule has 4 amide bonds. The summed E-state index contributed by atoms with van der Waals surface area (Å²) in [5, 5.41) is 5.71. The Balaban J connectivity index is 1.42. The average Bonchev–Trinajstić information content (AvgIpc) is 3.32. The summed E-state index contributed by atoms with van der Waals surface area (Å²) in [5.74, 6) is -0.554. The Bertz CT molecular complexity index is 944. The predicted octanol–water partition coefficient (Wildman–Crippen LogP) is 2.04. The standard InChI is InChI=1S/C23H26N4O4/c28-21(24-14-18-9-6-12-31-18)15-26-19-10-4-5-11-20(19)27(16-22(26)29)23(30)25-13-17-7-2-1-3-8-17/h1-5,7-8,10-11,18H,6,9,12-16H2,(H,24,28)(H,25,30)/t18-/m0/s1. The molecule has 1 atom stereocenters. The van der Waals surface area contributed by atoms with Gasteiger partial charge in [-0.3, -0.25) is 19.4 Å². The number of carbonyl (C=O) groups is 3. The van der Waals surface area contributed by atoms with Gasteiger partial charge in [0.2, 0.25) is 11.8 Å². The maximum atomic E-state index is 12.8. The second-order valence-corrected chi connectivity index (χ2v) is 7.64. The zero-order valence-corrected chi connectivity index (χ0v) is 17.3.